The van der Waals surface area contributed by atoms with Crippen molar-refractivity contribution in [2.24, 2.45) is 0 Å². The van der Waals surface area contributed by atoms with Gasteiger partial charge in [-0.1, -0.05) is 11.3 Å². The summed E-state index contributed by atoms with van der Waals surface area (Å²) in [6.07, 6.45) is 2.77. The van der Waals surface area contributed by atoms with Crippen LogP contribution in [0.15, 0.2) is 33.1 Å². The number of carbonyl (C=O) groups is 2. The molecule has 0 aromatic carbocycles. The second-order valence-electron chi connectivity index (χ2n) is 3.54. The Bertz CT molecular complexity index is 676. The van der Waals surface area contributed by atoms with Crippen LogP contribution in [-0.4, -0.2) is 28.5 Å². The van der Waals surface area contributed by atoms with Gasteiger partial charge < -0.3 is 9.72 Å². The van der Waals surface area contributed by atoms with E-state index in [0.717, 1.165) is 3.79 Å². The molecular weight excluding hydrogens is 350 g/mol. The molecule has 0 radical (unpaired) electrons. The van der Waals surface area contributed by atoms with E-state index in [1.165, 1.54) is 29.7 Å². The summed E-state index contributed by atoms with van der Waals surface area (Å²) < 4.78 is 5.58. The van der Waals surface area contributed by atoms with Crippen molar-refractivity contribution >= 4 is 44.3 Å². The van der Waals surface area contributed by atoms with Gasteiger partial charge in [-0.15, -0.1) is 0 Å². The average molecular weight is 358 g/mol. The largest absolute Gasteiger partial charge is 0.452 e. The van der Waals surface area contributed by atoms with E-state index in [1.54, 1.807) is 6.20 Å². The summed E-state index contributed by atoms with van der Waals surface area (Å²) in [5.74, 6) is -1.19. The number of hydrogen-bond donors (Lipinski definition) is 2. The lowest BCUT2D eigenvalue weighted by atomic mass is 10.3. The summed E-state index contributed by atoms with van der Waals surface area (Å²) in [6.45, 7) is -0.435. The number of carbonyl (C=O) groups excluding carboxylic acids is 2. The van der Waals surface area contributed by atoms with Gasteiger partial charge in [0.05, 0.1) is 15.5 Å². The van der Waals surface area contributed by atoms with Crippen LogP contribution in [0.3, 0.4) is 0 Å². The first kappa shape index (κ1) is 14.4. The van der Waals surface area contributed by atoms with Gasteiger partial charge in [-0.2, -0.15) is 0 Å². The maximum absolute atomic E-state index is 11.6. The third kappa shape index (κ3) is 4.00. The Labute approximate surface area is 125 Å². The maximum atomic E-state index is 11.6. The Hall–Kier alpha value is -2.00. The van der Waals surface area contributed by atoms with E-state index in [9.17, 15) is 14.4 Å². The SMILES string of the molecule is O=C(COC(=O)c1ccc(=O)[nH]c1)Nc1ncc(Br)s1. The predicted octanol–water partition coefficient (Wildman–Crippen LogP) is 1.39. The summed E-state index contributed by atoms with van der Waals surface area (Å²) in [7, 11) is 0. The molecule has 7 nitrogen and oxygen atoms in total. The summed E-state index contributed by atoms with van der Waals surface area (Å²) >= 11 is 4.45. The third-order valence-electron chi connectivity index (χ3n) is 2.08. The van der Waals surface area contributed by atoms with Crippen molar-refractivity contribution in [2.45, 2.75) is 0 Å². The van der Waals surface area contributed by atoms with E-state index in [2.05, 4.69) is 31.2 Å². The van der Waals surface area contributed by atoms with E-state index < -0.39 is 18.5 Å². The van der Waals surface area contributed by atoms with E-state index >= 15 is 0 Å². The van der Waals surface area contributed by atoms with Crippen LogP contribution in [0.25, 0.3) is 0 Å². The number of ether oxygens (including phenoxy) is 1. The lowest BCUT2D eigenvalue weighted by Gasteiger charge is -2.04. The number of thiazole rings is 1. The zero-order chi connectivity index (χ0) is 14.5. The second-order valence-corrected chi connectivity index (χ2v) is 5.95. The van der Waals surface area contributed by atoms with Crippen molar-refractivity contribution < 1.29 is 14.3 Å². The molecule has 2 aromatic rings. The molecule has 0 atom stereocenters. The average Bonchev–Trinajstić information content (AvgIpc) is 2.82. The normalized spacial score (nSPS) is 10.1. The lowest BCUT2D eigenvalue weighted by molar-refractivity contribution is -0.119. The Morgan fingerprint density at radius 2 is 2.25 bits per heavy atom. The maximum Gasteiger partial charge on any atom is 0.340 e. The van der Waals surface area contributed by atoms with Gasteiger partial charge in [0.2, 0.25) is 5.56 Å². The molecule has 0 fully saturated rings. The number of halogens is 1. The zero-order valence-corrected chi connectivity index (χ0v) is 12.3. The minimum absolute atomic E-state index is 0.161. The minimum atomic E-state index is -0.697. The van der Waals surface area contributed by atoms with Gasteiger partial charge in [0.15, 0.2) is 11.7 Å². The molecule has 2 aromatic heterocycles. The van der Waals surface area contributed by atoms with Crippen molar-refractivity contribution in [2.75, 3.05) is 11.9 Å². The van der Waals surface area contributed by atoms with Gasteiger partial charge in [-0.25, -0.2) is 9.78 Å². The number of H-pyrrole nitrogens is 1. The molecule has 2 rings (SSSR count). The van der Waals surface area contributed by atoms with Crippen molar-refractivity contribution in [1.82, 2.24) is 9.97 Å². The second kappa shape index (κ2) is 6.44. The molecule has 0 aliphatic rings. The molecule has 20 heavy (non-hydrogen) atoms. The number of aromatic amines is 1. The van der Waals surface area contributed by atoms with Gasteiger partial charge >= 0.3 is 5.97 Å². The number of amides is 1. The Balaban J connectivity index is 1.85. The molecule has 2 N–H and O–H groups in total. The summed E-state index contributed by atoms with van der Waals surface area (Å²) in [4.78, 5) is 40.2. The highest BCUT2D eigenvalue weighted by Gasteiger charge is 2.11. The van der Waals surface area contributed by atoms with Crippen LogP contribution >= 0.6 is 27.3 Å². The Morgan fingerprint density at radius 3 is 2.85 bits per heavy atom. The number of nitrogens with zero attached hydrogens (tertiary/aromatic N) is 1. The molecule has 9 heteroatoms. The van der Waals surface area contributed by atoms with E-state index in [-0.39, 0.29) is 11.1 Å². The first-order chi connectivity index (χ1) is 9.54. The highest BCUT2D eigenvalue weighted by atomic mass is 79.9. The summed E-state index contributed by atoms with van der Waals surface area (Å²) in [6, 6.07) is 2.51. The molecule has 104 valence electrons. The molecule has 1 amide bonds. The van der Waals surface area contributed by atoms with Crippen LogP contribution in [0.5, 0.6) is 0 Å². The lowest BCUT2D eigenvalue weighted by Crippen LogP contribution is -2.21. The molecule has 0 unspecified atom stereocenters. The van der Waals surface area contributed by atoms with Crippen molar-refractivity contribution in [3.8, 4) is 0 Å². The monoisotopic (exact) mass is 357 g/mol. The molecule has 0 saturated heterocycles. The topological polar surface area (TPSA) is 101 Å². The predicted molar refractivity (Wildman–Crippen MR) is 75.8 cm³/mol. The third-order valence-corrected chi connectivity index (χ3v) is 3.47. The van der Waals surface area contributed by atoms with Crippen LogP contribution in [0, 0.1) is 0 Å². The van der Waals surface area contributed by atoms with Gasteiger partial charge in [0, 0.05) is 12.3 Å². The molecule has 0 bridgehead atoms. The molecule has 0 spiro atoms. The number of pyridine rings is 1. The number of anilines is 1. The van der Waals surface area contributed by atoms with E-state index in [4.69, 9.17) is 4.74 Å². The number of hydrogen-bond acceptors (Lipinski definition) is 6. The Morgan fingerprint density at radius 1 is 1.45 bits per heavy atom. The Kier molecular flexibility index (Phi) is 4.64. The fourth-order valence-electron chi connectivity index (χ4n) is 1.22. The van der Waals surface area contributed by atoms with Gasteiger partial charge in [0.1, 0.15) is 0 Å². The van der Waals surface area contributed by atoms with Gasteiger partial charge in [0.25, 0.3) is 5.91 Å². The van der Waals surface area contributed by atoms with Gasteiger partial charge in [-0.3, -0.25) is 14.9 Å². The fraction of sp³-hybridized carbons (Fsp3) is 0.0909. The van der Waals surface area contributed by atoms with Crippen LogP contribution in [-0.2, 0) is 9.53 Å². The molecule has 0 aliphatic heterocycles. The van der Waals surface area contributed by atoms with E-state index in [1.807, 2.05) is 0 Å². The summed E-state index contributed by atoms with van der Waals surface area (Å²) in [5, 5.41) is 2.89. The van der Waals surface area contributed by atoms with Gasteiger partial charge in [-0.05, 0) is 22.0 Å². The fourth-order valence-corrected chi connectivity index (χ4v) is 2.34. The standard InChI is InChI=1S/C11H8BrN3O4S/c12-7-4-14-11(20-7)15-9(17)5-19-10(18)6-1-2-8(16)13-3-6/h1-4H,5H2,(H,13,16)(H,14,15,17). The molecule has 2 heterocycles. The number of nitrogens with one attached hydrogen (secondary N) is 2. The summed E-state index contributed by atoms with van der Waals surface area (Å²) in [5.41, 5.74) is -0.164. The molecule has 0 aliphatic carbocycles. The number of esters is 1. The van der Waals surface area contributed by atoms with Crippen molar-refractivity contribution in [3.05, 3.63) is 44.2 Å². The molecule has 0 saturated carbocycles. The van der Waals surface area contributed by atoms with Crippen LogP contribution in [0.2, 0.25) is 0 Å². The smallest absolute Gasteiger partial charge is 0.340 e. The first-order valence-electron chi connectivity index (χ1n) is 5.31. The zero-order valence-electron chi connectivity index (χ0n) is 9.88. The molecular formula is C11H8BrN3O4S. The number of rotatable bonds is 4. The minimum Gasteiger partial charge on any atom is -0.452 e. The van der Waals surface area contributed by atoms with Crippen molar-refractivity contribution in [1.29, 1.82) is 0 Å². The van der Waals surface area contributed by atoms with Crippen molar-refractivity contribution in [3.63, 3.8) is 0 Å². The first-order valence-corrected chi connectivity index (χ1v) is 6.92. The van der Waals surface area contributed by atoms with Crippen LogP contribution in [0.4, 0.5) is 5.13 Å². The quantitative estimate of drug-likeness (QED) is 0.805. The van der Waals surface area contributed by atoms with Crippen LogP contribution < -0.4 is 10.9 Å². The van der Waals surface area contributed by atoms with Crippen LogP contribution in [0.1, 0.15) is 10.4 Å². The van der Waals surface area contributed by atoms with E-state index in [0.29, 0.717) is 5.13 Å². The highest BCUT2D eigenvalue weighted by molar-refractivity contribution is 9.11. The highest BCUT2D eigenvalue weighted by Crippen LogP contribution is 2.22. The number of aromatic nitrogens is 2.